The molecule has 0 aromatic heterocycles. The van der Waals surface area contributed by atoms with Crippen molar-refractivity contribution in [3.63, 3.8) is 0 Å². The van der Waals surface area contributed by atoms with Crippen LogP contribution >= 0.6 is 0 Å². The van der Waals surface area contributed by atoms with Crippen molar-refractivity contribution in [1.29, 1.82) is 0 Å². The van der Waals surface area contributed by atoms with Crippen molar-refractivity contribution in [3.05, 3.63) is 89.0 Å². The smallest absolute Gasteiger partial charge is 0.303 e. The zero-order valence-electron chi connectivity index (χ0n) is 27.2. The first-order valence-electron chi connectivity index (χ1n) is 15.3. The minimum Gasteiger partial charge on any atom is -0.496 e. The van der Waals surface area contributed by atoms with E-state index in [-0.39, 0.29) is 6.61 Å². The highest BCUT2D eigenvalue weighted by molar-refractivity contribution is 5.93. The molecule has 47 heavy (non-hydrogen) atoms. The van der Waals surface area contributed by atoms with Gasteiger partial charge in [-0.3, -0.25) is 19.2 Å². The van der Waals surface area contributed by atoms with Crippen LogP contribution in [0.15, 0.2) is 66.7 Å². The highest BCUT2D eigenvalue weighted by Gasteiger charge is 2.53. The lowest BCUT2D eigenvalue weighted by Crippen LogP contribution is -2.59. The Kier molecular flexibility index (Phi) is 10.1. The van der Waals surface area contributed by atoms with Gasteiger partial charge in [0.05, 0.1) is 7.11 Å². The molecule has 0 amide bonds. The quantitative estimate of drug-likeness (QED) is 0.167. The van der Waals surface area contributed by atoms with Crippen LogP contribution < -0.4 is 4.74 Å². The molecule has 0 radical (unpaired) electrons. The molecular formula is C37H38O10. The van der Waals surface area contributed by atoms with Crippen molar-refractivity contribution in [1.82, 2.24) is 0 Å². The van der Waals surface area contributed by atoms with Gasteiger partial charge in [-0.2, -0.15) is 0 Å². The molecular weight excluding hydrogens is 604 g/mol. The van der Waals surface area contributed by atoms with Crippen molar-refractivity contribution in [2.75, 3.05) is 13.7 Å². The second-order valence-electron chi connectivity index (χ2n) is 11.6. The zero-order valence-corrected chi connectivity index (χ0v) is 27.2. The van der Waals surface area contributed by atoms with E-state index in [1.165, 1.54) is 34.8 Å². The summed E-state index contributed by atoms with van der Waals surface area (Å²) in [6.07, 6.45) is -5.45. The number of methoxy groups -OCH3 is 1. The van der Waals surface area contributed by atoms with Gasteiger partial charge in [0.2, 0.25) is 0 Å². The van der Waals surface area contributed by atoms with Crippen LogP contribution in [-0.4, -0.2) is 62.0 Å². The number of ether oxygens (including phenoxy) is 6. The maximum Gasteiger partial charge on any atom is 0.303 e. The summed E-state index contributed by atoms with van der Waals surface area (Å²) in [6, 6.07) is 22.1. The lowest BCUT2D eigenvalue weighted by molar-refractivity contribution is -0.254. The van der Waals surface area contributed by atoms with E-state index in [1.807, 2.05) is 48.5 Å². The molecule has 5 atom stereocenters. The Bertz CT molecular complexity index is 1780. The van der Waals surface area contributed by atoms with Gasteiger partial charge in [-0.25, -0.2) is 0 Å². The van der Waals surface area contributed by atoms with Gasteiger partial charge in [-0.1, -0.05) is 60.7 Å². The van der Waals surface area contributed by atoms with E-state index in [1.54, 1.807) is 0 Å². The SMILES string of the molecule is COc1c([C@@H]2O[C@H](COC(C)=O)[C@@H](OC(C)=O)[C@H](OC(C)=O)[C@H]2OC(C)=O)cc(Cc2cc3cccccc-3c2C)c2ccccc12. The molecule has 2 aromatic rings. The molecule has 0 saturated carbocycles. The topological polar surface area (TPSA) is 124 Å². The van der Waals surface area contributed by atoms with Crippen molar-refractivity contribution in [2.24, 2.45) is 0 Å². The molecule has 2 aliphatic carbocycles. The standard InChI is InChI=1S/C37H38O10/c1-20-26(16-25-12-8-7-9-13-28(20)25)17-27-18-31(33(42-6)30-15-11-10-14-29(27)30)34-36(45-23(4)40)37(46-24(5)41)35(44-22(3)39)32(47-34)19-43-21(2)38/h7-16,18,32,34-37H,17,19H2,1-6H3/t32-,34+,35-,36+,37+/m1/s1. The molecule has 1 aliphatic heterocycles. The molecule has 10 heteroatoms. The summed E-state index contributed by atoms with van der Waals surface area (Å²) >= 11 is 0. The van der Waals surface area contributed by atoms with Gasteiger partial charge in [-0.15, -0.1) is 0 Å². The molecule has 3 aliphatic rings. The molecule has 1 heterocycles. The van der Waals surface area contributed by atoms with Gasteiger partial charge in [-0.05, 0) is 52.6 Å². The largest absolute Gasteiger partial charge is 0.496 e. The average Bonchev–Trinajstić information content (AvgIpc) is 3.15. The van der Waals surface area contributed by atoms with Crippen molar-refractivity contribution in [2.45, 2.75) is 71.6 Å². The molecule has 10 nitrogen and oxygen atoms in total. The van der Waals surface area contributed by atoms with E-state index in [0.29, 0.717) is 17.7 Å². The molecule has 1 fully saturated rings. The van der Waals surface area contributed by atoms with E-state index < -0.39 is 54.4 Å². The van der Waals surface area contributed by atoms with Gasteiger partial charge in [0.1, 0.15) is 24.6 Å². The number of hydrogen-bond acceptors (Lipinski definition) is 10. The number of rotatable bonds is 9. The molecule has 0 N–H and O–H groups in total. The normalized spacial score (nSPS) is 20.8. The molecule has 0 spiro atoms. The average molecular weight is 643 g/mol. The van der Waals surface area contributed by atoms with Gasteiger partial charge in [0.15, 0.2) is 18.3 Å². The Morgan fingerprint density at radius 1 is 0.702 bits per heavy atom. The summed E-state index contributed by atoms with van der Waals surface area (Å²) in [5.74, 6) is -2.20. The first-order valence-corrected chi connectivity index (χ1v) is 15.3. The van der Waals surface area contributed by atoms with Crippen molar-refractivity contribution in [3.8, 4) is 16.9 Å². The highest BCUT2D eigenvalue weighted by Crippen LogP contribution is 2.45. The minimum atomic E-state index is -1.30. The Morgan fingerprint density at radius 2 is 1.32 bits per heavy atom. The van der Waals surface area contributed by atoms with Crippen LogP contribution in [0.1, 0.15) is 56.1 Å². The Morgan fingerprint density at radius 3 is 1.98 bits per heavy atom. The fraction of sp³-hybridized carbons (Fsp3) is 0.351. The number of benzene rings is 2. The lowest BCUT2D eigenvalue weighted by atomic mass is 9.86. The Labute approximate surface area is 273 Å². The summed E-state index contributed by atoms with van der Waals surface area (Å²) in [4.78, 5) is 49.0. The number of esters is 4. The monoisotopic (exact) mass is 642 g/mol. The molecule has 0 unspecified atom stereocenters. The van der Waals surface area contributed by atoms with Gasteiger partial charge in [0.25, 0.3) is 0 Å². The molecule has 0 bridgehead atoms. The van der Waals surface area contributed by atoms with Crippen LogP contribution in [0.4, 0.5) is 0 Å². The Balaban J connectivity index is 1.71. The minimum absolute atomic E-state index is 0.326. The van der Waals surface area contributed by atoms with Crippen LogP contribution in [0.5, 0.6) is 5.75 Å². The van der Waals surface area contributed by atoms with E-state index in [4.69, 9.17) is 28.4 Å². The molecule has 1 saturated heterocycles. The van der Waals surface area contributed by atoms with E-state index in [9.17, 15) is 19.2 Å². The second-order valence-corrected chi connectivity index (χ2v) is 11.6. The van der Waals surface area contributed by atoms with Gasteiger partial charge in [0, 0.05) is 38.6 Å². The summed E-state index contributed by atoms with van der Waals surface area (Å²) in [5, 5.41) is 1.74. The first-order chi connectivity index (χ1) is 22.5. The molecule has 2 aromatic carbocycles. The third-order valence-corrected chi connectivity index (χ3v) is 8.28. The summed E-state index contributed by atoms with van der Waals surface area (Å²) < 4.78 is 34.9. The van der Waals surface area contributed by atoms with Crippen LogP contribution in [-0.2, 0) is 49.3 Å². The number of hydrogen-bond donors (Lipinski definition) is 0. The van der Waals surface area contributed by atoms with Crippen molar-refractivity contribution >= 4 is 34.6 Å². The second kappa shape index (κ2) is 14.2. The number of fused-ring (bicyclic) bond motifs is 2. The maximum atomic E-state index is 12.5. The van der Waals surface area contributed by atoms with E-state index in [0.717, 1.165) is 38.6 Å². The molecule has 246 valence electrons. The van der Waals surface area contributed by atoms with Crippen LogP contribution in [0.25, 0.3) is 21.9 Å². The van der Waals surface area contributed by atoms with E-state index in [2.05, 4.69) is 25.1 Å². The third-order valence-electron chi connectivity index (χ3n) is 8.28. The molecule has 5 rings (SSSR count). The summed E-state index contributed by atoms with van der Waals surface area (Å²) in [6.45, 7) is 6.62. The predicted molar refractivity (Wildman–Crippen MR) is 172 cm³/mol. The van der Waals surface area contributed by atoms with Gasteiger partial charge >= 0.3 is 23.9 Å². The van der Waals surface area contributed by atoms with E-state index >= 15 is 0 Å². The highest BCUT2D eigenvalue weighted by atomic mass is 16.7. The number of carbonyl (C=O) groups excluding carboxylic acids is 4. The van der Waals surface area contributed by atoms with Crippen molar-refractivity contribution < 1.29 is 47.6 Å². The van der Waals surface area contributed by atoms with Crippen LogP contribution in [0.3, 0.4) is 0 Å². The summed E-state index contributed by atoms with van der Waals surface area (Å²) in [7, 11) is 1.53. The fourth-order valence-electron chi connectivity index (χ4n) is 6.40. The van der Waals surface area contributed by atoms with Crippen LogP contribution in [0, 0.1) is 6.92 Å². The zero-order chi connectivity index (χ0) is 33.8. The third kappa shape index (κ3) is 7.23. The lowest BCUT2D eigenvalue weighted by Gasteiger charge is -2.45. The fourth-order valence-corrected chi connectivity index (χ4v) is 6.40. The Hall–Kier alpha value is -4.96. The predicted octanol–water partition coefficient (Wildman–Crippen LogP) is 5.65. The van der Waals surface area contributed by atoms with Gasteiger partial charge < -0.3 is 28.4 Å². The maximum absolute atomic E-state index is 12.5. The van der Waals surface area contributed by atoms with Crippen LogP contribution in [0.2, 0.25) is 0 Å². The summed E-state index contributed by atoms with van der Waals surface area (Å²) in [5.41, 5.74) is 6.03. The number of carbonyl (C=O) groups is 4. The first kappa shape index (κ1) is 33.4.